The van der Waals surface area contributed by atoms with Crippen molar-refractivity contribution in [3.63, 3.8) is 0 Å². The number of hydrogen-bond acceptors (Lipinski definition) is 3. The van der Waals surface area contributed by atoms with Gasteiger partial charge in [0.25, 0.3) is 0 Å². The Morgan fingerprint density at radius 3 is 3.20 bits per heavy atom. The Bertz CT molecular complexity index is 233. The molecule has 2 unspecified atom stereocenters. The summed E-state index contributed by atoms with van der Waals surface area (Å²) in [7, 11) is 1.64. The normalized spacial score (nSPS) is 30.3. The fourth-order valence-corrected chi connectivity index (χ4v) is 2.71. The van der Waals surface area contributed by atoms with Gasteiger partial charge in [0.2, 0.25) is 5.91 Å². The lowest BCUT2D eigenvalue weighted by Gasteiger charge is -2.37. The quantitative estimate of drug-likeness (QED) is 0.728. The fraction of sp³-hybridized carbons (Fsp3) is 0.909. The average molecular weight is 212 g/mol. The van der Waals surface area contributed by atoms with E-state index in [4.69, 9.17) is 4.74 Å². The van der Waals surface area contributed by atoms with Gasteiger partial charge in [-0.25, -0.2) is 0 Å². The highest BCUT2D eigenvalue weighted by Gasteiger charge is 2.36. The Hall–Kier alpha value is -0.610. The third-order valence-corrected chi connectivity index (χ3v) is 3.52. The van der Waals surface area contributed by atoms with Crippen molar-refractivity contribution in [2.24, 2.45) is 5.92 Å². The van der Waals surface area contributed by atoms with Crippen LogP contribution in [-0.2, 0) is 9.53 Å². The highest BCUT2D eigenvalue weighted by Crippen LogP contribution is 2.26. The van der Waals surface area contributed by atoms with Gasteiger partial charge in [-0.05, 0) is 18.8 Å². The minimum Gasteiger partial charge on any atom is -0.384 e. The van der Waals surface area contributed by atoms with Gasteiger partial charge in [0.1, 0.15) is 0 Å². The van der Waals surface area contributed by atoms with E-state index in [1.165, 1.54) is 6.42 Å². The summed E-state index contributed by atoms with van der Waals surface area (Å²) in [5.74, 6) is 0.945. The van der Waals surface area contributed by atoms with Gasteiger partial charge >= 0.3 is 0 Å². The van der Waals surface area contributed by atoms with E-state index in [0.717, 1.165) is 26.1 Å². The zero-order chi connectivity index (χ0) is 10.7. The Balaban J connectivity index is 1.92. The number of fused-ring (bicyclic) bond motifs is 1. The molecule has 2 atom stereocenters. The maximum absolute atomic E-state index is 11.9. The van der Waals surface area contributed by atoms with E-state index in [0.29, 0.717) is 25.0 Å². The molecule has 0 aromatic carbocycles. The van der Waals surface area contributed by atoms with Crippen molar-refractivity contribution in [3.8, 4) is 0 Å². The van der Waals surface area contributed by atoms with Crippen LogP contribution in [0.3, 0.4) is 0 Å². The average Bonchev–Trinajstić information content (AvgIpc) is 2.73. The molecular weight excluding hydrogens is 192 g/mol. The molecule has 1 N–H and O–H groups in total. The molecule has 0 bridgehead atoms. The first kappa shape index (κ1) is 10.9. The van der Waals surface area contributed by atoms with Crippen LogP contribution in [0, 0.1) is 5.92 Å². The second-order valence-electron chi connectivity index (χ2n) is 4.46. The van der Waals surface area contributed by atoms with Gasteiger partial charge in [0.15, 0.2) is 0 Å². The summed E-state index contributed by atoms with van der Waals surface area (Å²) in [6, 6.07) is 0.447. The summed E-state index contributed by atoms with van der Waals surface area (Å²) in [6.07, 6.45) is 2.95. The molecule has 2 saturated heterocycles. The van der Waals surface area contributed by atoms with E-state index in [-0.39, 0.29) is 5.91 Å². The summed E-state index contributed by atoms with van der Waals surface area (Å²) in [4.78, 5) is 14.0. The molecule has 4 heteroatoms. The molecule has 86 valence electrons. The van der Waals surface area contributed by atoms with Crippen molar-refractivity contribution in [1.29, 1.82) is 0 Å². The van der Waals surface area contributed by atoms with E-state index in [9.17, 15) is 4.79 Å². The van der Waals surface area contributed by atoms with Crippen LogP contribution in [0.4, 0.5) is 0 Å². The first-order chi connectivity index (χ1) is 7.33. The predicted octanol–water partition coefficient (Wildman–Crippen LogP) is 0.233. The third-order valence-electron chi connectivity index (χ3n) is 3.52. The molecule has 2 aliphatic heterocycles. The Kier molecular flexibility index (Phi) is 3.59. The van der Waals surface area contributed by atoms with Gasteiger partial charge < -0.3 is 15.0 Å². The van der Waals surface area contributed by atoms with E-state index >= 15 is 0 Å². The van der Waals surface area contributed by atoms with Crippen LogP contribution in [0.1, 0.15) is 19.3 Å². The van der Waals surface area contributed by atoms with Crippen molar-refractivity contribution in [2.45, 2.75) is 25.3 Å². The molecule has 2 heterocycles. The molecule has 15 heavy (non-hydrogen) atoms. The lowest BCUT2D eigenvalue weighted by Crippen LogP contribution is -2.48. The molecule has 1 amide bonds. The van der Waals surface area contributed by atoms with Crippen LogP contribution in [-0.4, -0.2) is 50.2 Å². The molecule has 0 aliphatic carbocycles. The molecule has 2 aliphatic rings. The summed E-state index contributed by atoms with van der Waals surface area (Å²) < 4.78 is 4.95. The first-order valence-corrected chi connectivity index (χ1v) is 5.82. The fourth-order valence-electron chi connectivity index (χ4n) is 2.71. The minimum atomic E-state index is 0.259. The van der Waals surface area contributed by atoms with Crippen LogP contribution in [0.15, 0.2) is 0 Å². The number of nitrogens with one attached hydrogen (secondary N) is 1. The number of carbonyl (C=O) groups is 1. The molecule has 0 radical (unpaired) electrons. The smallest absolute Gasteiger partial charge is 0.225 e. The highest BCUT2D eigenvalue weighted by molar-refractivity contribution is 5.76. The standard InChI is InChI=1S/C11H20N2O2/c1-15-6-4-11(14)13-5-2-3-9-7-12-8-10(9)13/h9-10,12H,2-8H2,1H3. The summed E-state index contributed by atoms with van der Waals surface area (Å²) >= 11 is 0. The zero-order valence-electron chi connectivity index (χ0n) is 9.37. The number of likely N-dealkylation sites (tertiary alicyclic amines) is 1. The van der Waals surface area contributed by atoms with Crippen LogP contribution < -0.4 is 5.32 Å². The highest BCUT2D eigenvalue weighted by atomic mass is 16.5. The molecule has 2 rings (SSSR count). The van der Waals surface area contributed by atoms with Gasteiger partial charge in [0, 0.05) is 32.8 Å². The Morgan fingerprint density at radius 2 is 2.40 bits per heavy atom. The molecule has 0 aromatic rings. The lowest BCUT2D eigenvalue weighted by molar-refractivity contribution is -0.136. The van der Waals surface area contributed by atoms with Gasteiger partial charge in [0.05, 0.1) is 13.0 Å². The van der Waals surface area contributed by atoms with Crippen LogP contribution in [0.5, 0.6) is 0 Å². The summed E-state index contributed by atoms with van der Waals surface area (Å²) in [5.41, 5.74) is 0. The maximum atomic E-state index is 11.9. The number of nitrogens with zero attached hydrogens (tertiary/aromatic N) is 1. The van der Waals surface area contributed by atoms with Crippen LogP contribution in [0.2, 0.25) is 0 Å². The zero-order valence-corrected chi connectivity index (χ0v) is 9.37. The SMILES string of the molecule is COCCC(=O)N1CCCC2CNCC21. The van der Waals surface area contributed by atoms with Crippen molar-refractivity contribution < 1.29 is 9.53 Å². The predicted molar refractivity (Wildman–Crippen MR) is 57.6 cm³/mol. The topological polar surface area (TPSA) is 41.6 Å². The van der Waals surface area contributed by atoms with Crippen molar-refractivity contribution in [3.05, 3.63) is 0 Å². The molecule has 0 saturated carbocycles. The maximum Gasteiger partial charge on any atom is 0.225 e. The Labute approximate surface area is 91.0 Å². The summed E-state index contributed by atoms with van der Waals surface area (Å²) in [6.45, 7) is 3.54. The Morgan fingerprint density at radius 1 is 1.53 bits per heavy atom. The van der Waals surface area contributed by atoms with Crippen LogP contribution >= 0.6 is 0 Å². The molecular formula is C11H20N2O2. The number of hydrogen-bond donors (Lipinski definition) is 1. The molecule has 2 fully saturated rings. The van der Waals surface area contributed by atoms with Gasteiger partial charge in [-0.3, -0.25) is 4.79 Å². The summed E-state index contributed by atoms with van der Waals surface area (Å²) in [5, 5.41) is 3.38. The number of piperidine rings is 1. The number of rotatable bonds is 3. The monoisotopic (exact) mass is 212 g/mol. The van der Waals surface area contributed by atoms with Gasteiger partial charge in [-0.1, -0.05) is 0 Å². The minimum absolute atomic E-state index is 0.259. The van der Waals surface area contributed by atoms with Crippen molar-refractivity contribution in [2.75, 3.05) is 33.4 Å². The van der Waals surface area contributed by atoms with E-state index < -0.39 is 0 Å². The lowest BCUT2D eigenvalue weighted by atomic mass is 9.92. The second kappa shape index (κ2) is 4.94. The van der Waals surface area contributed by atoms with Crippen LogP contribution in [0.25, 0.3) is 0 Å². The first-order valence-electron chi connectivity index (χ1n) is 5.82. The second-order valence-corrected chi connectivity index (χ2v) is 4.46. The number of amides is 1. The van der Waals surface area contributed by atoms with E-state index in [1.54, 1.807) is 7.11 Å². The van der Waals surface area contributed by atoms with E-state index in [2.05, 4.69) is 10.2 Å². The van der Waals surface area contributed by atoms with Gasteiger partial charge in [-0.2, -0.15) is 0 Å². The number of methoxy groups -OCH3 is 1. The molecule has 0 spiro atoms. The van der Waals surface area contributed by atoms with Crippen molar-refractivity contribution >= 4 is 5.91 Å². The van der Waals surface area contributed by atoms with E-state index in [1.807, 2.05) is 0 Å². The number of ether oxygens (including phenoxy) is 1. The molecule has 4 nitrogen and oxygen atoms in total. The van der Waals surface area contributed by atoms with Crippen molar-refractivity contribution in [1.82, 2.24) is 10.2 Å². The molecule has 0 aromatic heterocycles. The largest absolute Gasteiger partial charge is 0.384 e. The number of carbonyl (C=O) groups excluding carboxylic acids is 1. The van der Waals surface area contributed by atoms with Gasteiger partial charge in [-0.15, -0.1) is 0 Å². The third kappa shape index (κ3) is 2.32.